The molecule has 124 valence electrons. The van der Waals surface area contributed by atoms with E-state index in [0.717, 1.165) is 39.6 Å². The maximum Gasteiger partial charge on any atom is 0.0699 e. The lowest BCUT2D eigenvalue weighted by Crippen LogP contribution is -2.30. The van der Waals surface area contributed by atoms with Crippen LogP contribution in [0.3, 0.4) is 0 Å². The maximum atomic E-state index is 4.04. The lowest BCUT2D eigenvalue weighted by Gasteiger charge is -2.39. The van der Waals surface area contributed by atoms with Crippen molar-refractivity contribution in [2.45, 2.75) is 0 Å². The van der Waals surface area contributed by atoms with Gasteiger partial charge in [0, 0.05) is 12.6 Å². The van der Waals surface area contributed by atoms with Crippen LogP contribution in [0, 0.1) is 0 Å². The van der Waals surface area contributed by atoms with Gasteiger partial charge < -0.3 is 9.80 Å². The molecule has 0 amide bonds. The van der Waals surface area contributed by atoms with Crippen molar-refractivity contribution in [3.05, 3.63) is 103 Å². The molecule has 0 fully saturated rings. The van der Waals surface area contributed by atoms with Crippen molar-refractivity contribution >= 4 is 29.2 Å². The molecule has 0 unspecified atom stereocenters. The van der Waals surface area contributed by atoms with Crippen LogP contribution in [0.5, 0.6) is 0 Å². The molecular formula is C23H22N2. The smallest absolute Gasteiger partial charge is 0.0699 e. The van der Waals surface area contributed by atoms with E-state index in [-0.39, 0.29) is 0 Å². The molecule has 0 N–H and O–H groups in total. The van der Waals surface area contributed by atoms with Gasteiger partial charge in [0.1, 0.15) is 0 Å². The van der Waals surface area contributed by atoms with Crippen LogP contribution in [-0.2, 0) is 0 Å². The van der Waals surface area contributed by atoms with Crippen LogP contribution in [0.4, 0.5) is 17.1 Å². The topological polar surface area (TPSA) is 6.48 Å². The van der Waals surface area contributed by atoms with Crippen molar-refractivity contribution in [2.24, 2.45) is 0 Å². The number of anilines is 3. The van der Waals surface area contributed by atoms with Crippen LogP contribution in [0.15, 0.2) is 92.3 Å². The zero-order chi connectivity index (χ0) is 18.0. The van der Waals surface area contributed by atoms with E-state index >= 15 is 0 Å². The second-order valence-electron chi connectivity index (χ2n) is 5.75. The number of hydrogen-bond donors (Lipinski definition) is 0. The molecule has 0 spiro atoms. The SMILES string of the molecule is C=CC1=C(C=C)N(c2cccc(C=C)c2C=C)c2ccccc2N1C. The van der Waals surface area contributed by atoms with Crippen molar-refractivity contribution in [3.8, 4) is 0 Å². The molecule has 0 saturated heterocycles. The largest absolute Gasteiger partial charge is 0.341 e. The third-order valence-electron chi connectivity index (χ3n) is 4.52. The van der Waals surface area contributed by atoms with Crippen molar-refractivity contribution in [2.75, 3.05) is 16.8 Å². The maximum absolute atomic E-state index is 4.04. The van der Waals surface area contributed by atoms with E-state index in [1.54, 1.807) is 0 Å². The summed E-state index contributed by atoms with van der Waals surface area (Å²) < 4.78 is 0. The van der Waals surface area contributed by atoms with Crippen LogP contribution >= 0.6 is 0 Å². The first-order chi connectivity index (χ1) is 12.2. The number of allylic oxidation sites excluding steroid dienone is 2. The number of hydrogen-bond acceptors (Lipinski definition) is 2. The summed E-state index contributed by atoms with van der Waals surface area (Å²) in [5.74, 6) is 0. The highest BCUT2D eigenvalue weighted by molar-refractivity contribution is 5.90. The summed E-state index contributed by atoms with van der Waals surface area (Å²) in [6.07, 6.45) is 7.47. The Morgan fingerprint density at radius 3 is 1.92 bits per heavy atom. The van der Waals surface area contributed by atoms with Gasteiger partial charge in [-0.3, -0.25) is 0 Å². The predicted molar refractivity (Wildman–Crippen MR) is 111 cm³/mol. The molecule has 0 bridgehead atoms. The van der Waals surface area contributed by atoms with Crippen molar-refractivity contribution < 1.29 is 0 Å². The monoisotopic (exact) mass is 326 g/mol. The van der Waals surface area contributed by atoms with Crippen LogP contribution in [-0.4, -0.2) is 7.05 Å². The Morgan fingerprint density at radius 1 is 0.680 bits per heavy atom. The summed E-state index contributed by atoms with van der Waals surface area (Å²) in [5, 5.41) is 0. The molecule has 0 radical (unpaired) electrons. The van der Waals surface area contributed by atoms with Gasteiger partial charge in [-0.1, -0.05) is 62.7 Å². The normalized spacial score (nSPS) is 13.3. The van der Waals surface area contributed by atoms with Gasteiger partial charge in [0.2, 0.25) is 0 Å². The number of nitrogens with zero attached hydrogens (tertiary/aromatic N) is 2. The van der Waals surface area contributed by atoms with E-state index < -0.39 is 0 Å². The zero-order valence-electron chi connectivity index (χ0n) is 14.6. The minimum atomic E-state index is 0.987. The summed E-state index contributed by atoms with van der Waals surface area (Å²) in [4.78, 5) is 4.35. The summed E-state index contributed by atoms with van der Waals surface area (Å²) in [5.41, 5.74) is 7.33. The molecule has 0 atom stereocenters. The van der Waals surface area contributed by atoms with Crippen LogP contribution in [0.25, 0.3) is 12.2 Å². The third kappa shape index (κ3) is 2.52. The van der Waals surface area contributed by atoms with E-state index in [2.05, 4.69) is 54.3 Å². The Morgan fingerprint density at radius 2 is 1.32 bits per heavy atom. The van der Waals surface area contributed by atoms with Crippen LogP contribution in [0.2, 0.25) is 0 Å². The van der Waals surface area contributed by atoms with Gasteiger partial charge in [0.05, 0.1) is 28.5 Å². The molecule has 3 rings (SSSR count). The van der Waals surface area contributed by atoms with Crippen molar-refractivity contribution in [3.63, 3.8) is 0 Å². The Bertz CT molecular complexity index is 902. The molecule has 1 aliphatic rings. The Labute approximate surface area is 150 Å². The lowest BCUT2D eigenvalue weighted by atomic mass is 10.0. The van der Waals surface area contributed by atoms with E-state index in [1.165, 1.54) is 0 Å². The predicted octanol–water partition coefficient (Wildman–Crippen LogP) is 6.14. The molecule has 2 aromatic carbocycles. The first-order valence-corrected chi connectivity index (χ1v) is 8.17. The van der Waals surface area contributed by atoms with Gasteiger partial charge in [-0.15, -0.1) is 0 Å². The molecule has 2 heteroatoms. The van der Waals surface area contributed by atoms with Crippen LogP contribution in [0.1, 0.15) is 11.1 Å². The standard InChI is InChI=1S/C23H22N2/c1-6-17-13-12-16-21(18(17)7-2)25-20(9-4)19(8-3)24(5)22-14-10-11-15-23(22)25/h6-16H,1-4H2,5H3. The van der Waals surface area contributed by atoms with Gasteiger partial charge in [0.15, 0.2) is 0 Å². The number of benzene rings is 2. The number of rotatable bonds is 5. The summed E-state index contributed by atoms with van der Waals surface area (Å²) in [6, 6.07) is 14.5. The van der Waals surface area contributed by atoms with E-state index in [9.17, 15) is 0 Å². The Balaban J connectivity index is 2.38. The molecule has 25 heavy (non-hydrogen) atoms. The highest BCUT2D eigenvalue weighted by Gasteiger charge is 2.28. The highest BCUT2D eigenvalue weighted by atomic mass is 15.3. The molecule has 1 heterocycles. The quantitative estimate of drug-likeness (QED) is 0.650. The third-order valence-corrected chi connectivity index (χ3v) is 4.52. The van der Waals surface area contributed by atoms with Gasteiger partial charge in [-0.25, -0.2) is 0 Å². The van der Waals surface area contributed by atoms with Gasteiger partial charge >= 0.3 is 0 Å². The van der Waals surface area contributed by atoms with Gasteiger partial charge in [-0.05, 0) is 35.9 Å². The van der Waals surface area contributed by atoms with E-state index in [1.807, 2.05) is 55.6 Å². The van der Waals surface area contributed by atoms with Crippen molar-refractivity contribution in [1.29, 1.82) is 0 Å². The van der Waals surface area contributed by atoms with E-state index in [0.29, 0.717) is 0 Å². The zero-order valence-corrected chi connectivity index (χ0v) is 14.6. The number of fused-ring (bicyclic) bond motifs is 1. The first kappa shape index (κ1) is 16.6. The molecule has 0 saturated carbocycles. The molecule has 2 nitrogen and oxygen atoms in total. The minimum absolute atomic E-state index is 0.987. The van der Waals surface area contributed by atoms with Gasteiger partial charge in [0.25, 0.3) is 0 Å². The second-order valence-corrected chi connectivity index (χ2v) is 5.75. The van der Waals surface area contributed by atoms with Crippen LogP contribution < -0.4 is 9.80 Å². The first-order valence-electron chi connectivity index (χ1n) is 8.17. The number of para-hydroxylation sites is 2. The molecule has 0 aliphatic carbocycles. The summed E-state index contributed by atoms with van der Waals surface area (Å²) in [6.45, 7) is 16.0. The molecular weight excluding hydrogens is 304 g/mol. The van der Waals surface area contributed by atoms with Gasteiger partial charge in [-0.2, -0.15) is 0 Å². The lowest BCUT2D eigenvalue weighted by molar-refractivity contribution is 1.03. The highest BCUT2D eigenvalue weighted by Crippen LogP contribution is 2.45. The second kappa shape index (κ2) is 6.70. The summed E-state index contributed by atoms with van der Waals surface area (Å²) in [7, 11) is 2.05. The molecule has 1 aliphatic heterocycles. The fourth-order valence-corrected chi connectivity index (χ4v) is 3.35. The number of likely N-dealkylation sites (N-methyl/N-ethyl adjacent to an activating group) is 1. The average Bonchev–Trinajstić information content (AvgIpc) is 2.67. The average molecular weight is 326 g/mol. The molecule has 2 aromatic rings. The van der Waals surface area contributed by atoms with Crippen molar-refractivity contribution in [1.82, 2.24) is 0 Å². The fourth-order valence-electron chi connectivity index (χ4n) is 3.35. The Kier molecular flexibility index (Phi) is 4.44. The minimum Gasteiger partial charge on any atom is -0.341 e. The summed E-state index contributed by atoms with van der Waals surface area (Å²) >= 11 is 0. The Hall–Kier alpha value is -3.26. The van der Waals surface area contributed by atoms with E-state index in [4.69, 9.17) is 0 Å². The fraction of sp³-hybridized carbons (Fsp3) is 0.0435. The molecule has 0 aromatic heterocycles.